The van der Waals surface area contributed by atoms with Crippen LogP contribution in [-0.2, 0) is 20.1 Å². The summed E-state index contributed by atoms with van der Waals surface area (Å²) in [5, 5.41) is 3.05. The number of benzene rings is 1. The molecule has 0 saturated carbocycles. The Labute approximate surface area is 123 Å². The summed E-state index contributed by atoms with van der Waals surface area (Å²) in [7, 11) is 3.50. The van der Waals surface area contributed by atoms with Crippen LogP contribution in [0.2, 0.25) is 0 Å². The van der Waals surface area contributed by atoms with Gasteiger partial charge in [0.05, 0.1) is 6.54 Å². The molecule has 0 bridgehead atoms. The summed E-state index contributed by atoms with van der Waals surface area (Å²) < 4.78 is 30.2. The quantitative estimate of drug-likeness (QED) is 0.888. The summed E-state index contributed by atoms with van der Waals surface area (Å²) in [6.07, 6.45) is 3.46. The molecule has 0 aliphatic carbocycles. The van der Waals surface area contributed by atoms with Gasteiger partial charge in [-0.15, -0.1) is 0 Å². The van der Waals surface area contributed by atoms with Crippen LogP contribution in [0.1, 0.15) is 18.3 Å². The fraction of sp³-hybridized carbons (Fsp3) is 0.400. The SMILES string of the molecule is CCNCc1cc(F)c(N(C)Cc2nccn2C)c(F)c1. The van der Waals surface area contributed by atoms with Crippen LogP contribution in [0, 0.1) is 11.6 Å². The number of aryl methyl sites for hydroxylation is 1. The molecule has 0 radical (unpaired) electrons. The van der Waals surface area contributed by atoms with Gasteiger partial charge in [0.2, 0.25) is 0 Å². The number of rotatable bonds is 6. The van der Waals surface area contributed by atoms with Crippen molar-refractivity contribution in [1.82, 2.24) is 14.9 Å². The smallest absolute Gasteiger partial charge is 0.149 e. The highest BCUT2D eigenvalue weighted by Gasteiger charge is 2.16. The van der Waals surface area contributed by atoms with Crippen molar-refractivity contribution in [3.8, 4) is 0 Å². The maximum atomic E-state index is 14.2. The van der Waals surface area contributed by atoms with Crippen molar-refractivity contribution in [2.45, 2.75) is 20.0 Å². The first kappa shape index (κ1) is 15.4. The van der Waals surface area contributed by atoms with E-state index >= 15 is 0 Å². The van der Waals surface area contributed by atoms with Gasteiger partial charge < -0.3 is 14.8 Å². The van der Waals surface area contributed by atoms with E-state index in [1.165, 1.54) is 17.0 Å². The Hall–Kier alpha value is -1.95. The number of aromatic nitrogens is 2. The number of anilines is 1. The van der Waals surface area contributed by atoms with Crippen molar-refractivity contribution in [1.29, 1.82) is 0 Å². The highest BCUT2D eigenvalue weighted by molar-refractivity contribution is 5.50. The molecule has 1 heterocycles. The molecule has 1 aromatic heterocycles. The van der Waals surface area contributed by atoms with Crippen molar-refractivity contribution >= 4 is 5.69 Å². The van der Waals surface area contributed by atoms with Crippen molar-refractivity contribution in [2.24, 2.45) is 7.05 Å². The first-order valence-electron chi connectivity index (χ1n) is 6.89. The molecule has 21 heavy (non-hydrogen) atoms. The van der Waals surface area contributed by atoms with Crippen molar-refractivity contribution in [3.63, 3.8) is 0 Å². The Kier molecular flexibility index (Phi) is 4.90. The second-order valence-electron chi connectivity index (χ2n) is 5.00. The third-order valence-corrected chi connectivity index (χ3v) is 3.34. The van der Waals surface area contributed by atoms with Crippen LogP contribution in [0.3, 0.4) is 0 Å². The number of halogens is 2. The number of hydrogen-bond acceptors (Lipinski definition) is 3. The average Bonchev–Trinajstić information content (AvgIpc) is 2.81. The highest BCUT2D eigenvalue weighted by Crippen LogP contribution is 2.25. The average molecular weight is 294 g/mol. The van der Waals surface area contributed by atoms with E-state index in [1.54, 1.807) is 19.4 Å². The summed E-state index contributed by atoms with van der Waals surface area (Å²) in [4.78, 5) is 5.70. The fourth-order valence-electron chi connectivity index (χ4n) is 2.19. The van der Waals surface area contributed by atoms with E-state index < -0.39 is 11.6 Å². The lowest BCUT2D eigenvalue weighted by molar-refractivity contribution is 0.567. The van der Waals surface area contributed by atoms with Gasteiger partial charge in [-0.2, -0.15) is 0 Å². The minimum Gasteiger partial charge on any atom is -0.362 e. The van der Waals surface area contributed by atoms with E-state index in [2.05, 4.69) is 10.3 Å². The van der Waals surface area contributed by atoms with Crippen LogP contribution in [0.15, 0.2) is 24.5 Å². The minimum absolute atomic E-state index is 0.0294. The lowest BCUT2D eigenvalue weighted by atomic mass is 10.1. The molecule has 2 rings (SSSR count). The molecule has 0 atom stereocenters. The molecule has 6 heteroatoms. The molecule has 0 aliphatic heterocycles. The first-order chi connectivity index (χ1) is 10.0. The van der Waals surface area contributed by atoms with Gasteiger partial charge in [0.1, 0.15) is 23.1 Å². The van der Waals surface area contributed by atoms with E-state index in [0.717, 1.165) is 12.4 Å². The maximum Gasteiger partial charge on any atom is 0.149 e. The van der Waals surface area contributed by atoms with Gasteiger partial charge in [0.25, 0.3) is 0 Å². The van der Waals surface area contributed by atoms with Crippen LogP contribution in [0.5, 0.6) is 0 Å². The molecule has 0 unspecified atom stereocenters. The van der Waals surface area contributed by atoms with E-state index in [-0.39, 0.29) is 5.69 Å². The van der Waals surface area contributed by atoms with Crippen LogP contribution >= 0.6 is 0 Å². The lowest BCUT2D eigenvalue weighted by Crippen LogP contribution is -2.22. The number of imidazole rings is 1. The summed E-state index contributed by atoms with van der Waals surface area (Å²) in [6, 6.07) is 2.74. The Morgan fingerprint density at radius 1 is 1.29 bits per heavy atom. The van der Waals surface area contributed by atoms with Crippen LogP contribution < -0.4 is 10.2 Å². The van der Waals surface area contributed by atoms with E-state index in [0.29, 0.717) is 18.7 Å². The molecular formula is C15H20F2N4. The minimum atomic E-state index is -0.556. The maximum absolute atomic E-state index is 14.2. The highest BCUT2D eigenvalue weighted by atomic mass is 19.1. The Morgan fingerprint density at radius 2 is 1.95 bits per heavy atom. The molecule has 1 aromatic carbocycles. The van der Waals surface area contributed by atoms with Crippen LogP contribution in [0.25, 0.3) is 0 Å². The van der Waals surface area contributed by atoms with Gasteiger partial charge in [-0.05, 0) is 24.2 Å². The molecule has 0 spiro atoms. The molecule has 2 aromatic rings. The third-order valence-electron chi connectivity index (χ3n) is 3.34. The van der Waals surface area contributed by atoms with Crippen molar-refractivity contribution in [2.75, 3.05) is 18.5 Å². The number of hydrogen-bond donors (Lipinski definition) is 1. The van der Waals surface area contributed by atoms with E-state index in [4.69, 9.17) is 0 Å². The number of nitrogens with zero attached hydrogens (tertiary/aromatic N) is 3. The predicted molar refractivity (Wildman–Crippen MR) is 79.1 cm³/mol. The molecule has 4 nitrogen and oxygen atoms in total. The second kappa shape index (κ2) is 6.67. The second-order valence-corrected chi connectivity index (χ2v) is 5.00. The normalized spacial score (nSPS) is 10.9. The van der Waals surface area contributed by atoms with Gasteiger partial charge >= 0.3 is 0 Å². The largest absolute Gasteiger partial charge is 0.362 e. The van der Waals surface area contributed by atoms with Crippen molar-refractivity contribution in [3.05, 3.63) is 47.5 Å². The van der Waals surface area contributed by atoms with E-state index in [1.807, 2.05) is 18.5 Å². The summed E-state index contributed by atoms with van der Waals surface area (Å²) in [5.41, 5.74) is 0.569. The Morgan fingerprint density at radius 3 is 2.48 bits per heavy atom. The fourth-order valence-corrected chi connectivity index (χ4v) is 2.19. The zero-order valence-electron chi connectivity index (χ0n) is 12.5. The van der Waals surface area contributed by atoms with Gasteiger partial charge in [0, 0.05) is 33.0 Å². The molecule has 0 aliphatic rings. The molecule has 0 fully saturated rings. The summed E-state index contributed by atoms with van der Waals surface area (Å²) in [6.45, 7) is 3.49. The van der Waals surface area contributed by atoms with Crippen LogP contribution in [-0.4, -0.2) is 23.1 Å². The van der Waals surface area contributed by atoms with E-state index in [9.17, 15) is 8.78 Å². The zero-order chi connectivity index (χ0) is 15.4. The monoisotopic (exact) mass is 294 g/mol. The third kappa shape index (κ3) is 3.58. The van der Waals surface area contributed by atoms with Crippen molar-refractivity contribution < 1.29 is 8.78 Å². The summed E-state index contributed by atoms with van der Waals surface area (Å²) in [5.74, 6) is -0.368. The molecular weight excluding hydrogens is 274 g/mol. The molecule has 0 saturated heterocycles. The molecule has 114 valence electrons. The predicted octanol–water partition coefficient (Wildman–Crippen LogP) is 2.44. The topological polar surface area (TPSA) is 33.1 Å². The van der Waals surface area contributed by atoms with Gasteiger partial charge in [-0.25, -0.2) is 13.8 Å². The molecule has 1 N–H and O–H groups in total. The first-order valence-corrected chi connectivity index (χ1v) is 6.89. The zero-order valence-corrected chi connectivity index (χ0v) is 12.5. The molecule has 0 amide bonds. The Bertz CT molecular complexity index is 586. The Balaban J connectivity index is 2.21. The van der Waals surface area contributed by atoms with Gasteiger partial charge in [-0.1, -0.05) is 6.92 Å². The number of nitrogens with one attached hydrogen (secondary N) is 1. The van der Waals surface area contributed by atoms with Gasteiger partial charge in [-0.3, -0.25) is 0 Å². The summed E-state index contributed by atoms with van der Waals surface area (Å²) >= 11 is 0. The standard InChI is InChI=1S/C15H20F2N4/c1-4-18-9-11-7-12(16)15(13(17)8-11)21(3)10-14-19-5-6-20(14)2/h5-8,18H,4,9-10H2,1-3H3. The van der Waals surface area contributed by atoms with Crippen LogP contribution in [0.4, 0.5) is 14.5 Å². The van der Waals surface area contributed by atoms with Gasteiger partial charge in [0.15, 0.2) is 0 Å². The lowest BCUT2D eigenvalue weighted by Gasteiger charge is -2.21.